The summed E-state index contributed by atoms with van der Waals surface area (Å²) in [6.45, 7) is 20.8. The first-order chi connectivity index (χ1) is 32.3. The molecule has 0 radical (unpaired) electrons. The van der Waals surface area contributed by atoms with Gasteiger partial charge < -0.3 is 4.57 Å². The Kier molecular flexibility index (Phi) is 9.19. The highest BCUT2D eigenvalue weighted by Crippen LogP contribution is 2.54. The van der Waals surface area contributed by atoms with Gasteiger partial charge >= 0.3 is 0 Å². The van der Waals surface area contributed by atoms with Crippen LogP contribution in [0.25, 0.3) is 105 Å². The van der Waals surface area contributed by atoms with Crippen molar-refractivity contribution < 1.29 is 0 Å². The molecule has 1 aliphatic rings. The van der Waals surface area contributed by atoms with Gasteiger partial charge in [0.2, 0.25) is 0 Å². The average molecular weight is 843 g/mol. The molecule has 66 heavy (non-hydrogen) atoms. The molecule has 0 spiro atoms. The van der Waals surface area contributed by atoms with E-state index >= 15 is 0 Å². The molecule has 0 bridgehead atoms. The summed E-state index contributed by atoms with van der Waals surface area (Å²) in [5, 5.41) is 22.9. The molecular weight excluding hydrogens is 809 g/mol. The lowest BCUT2D eigenvalue weighted by atomic mass is 9.80. The summed E-state index contributed by atoms with van der Waals surface area (Å²) in [5.41, 5.74) is 13.3. The summed E-state index contributed by atoms with van der Waals surface area (Å²) in [6, 6.07) is 60.0. The van der Waals surface area contributed by atoms with E-state index in [4.69, 9.17) is 28.1 Å². The Morgan fingerprint density at radius 1 is 0.485 bits per heavy atom. The molecule has 8 aromatic carbocycles. The molecule has 0 saturated carbocycles. The van der Waals surface area contributed by atoms with Crippen molar-refractivity contribution in [2.75, 3.05) is 0 Å². The third-order valence-corrected chi connectivity index (χ3v) is 12.6. The highest BCUT2D eigenvalue weighted by molar-refractivity contribution is 6.15. The van der Waals surface area contributed by atoms with Crippen LogP contribution in [0.2, 0.25) is 0 Å². The molecule has 0 amide bonds. The van der Waals surface area contributed by atoms with E-state index in [0.29, 0.717) is 67.8 Å². The monoisotopic (exact) mass is 842 g/mol. The SMILES string of the molecule is [C-]#[N+]c1cc([N+]#[C-])cc(-c2cc(-c3nc(-c4ccccc4)nc(-c4ccccc4)n3)cc(-c3cc(C#N)cc(C#N)c3)c2-n2c3ccccc3c3c4c(ccc32)-c2ccccc2C4(C)C)c1. The zero-order valence-electron chi connectivity index (χ0n) is 35.7. The Bertz CT molecular complexity index is 3620. The topological polar surface area (TPSA) is 99.9 Å². The quantitative estimate of drug-likeness (QED) is 0.155. The van der Waals surface area contributed by atoms with Crippen LogP contribution in [0, 0.1) is 35.8 Å². The minimum absolute atomic E-state index is 0.312. The number of nitrogens with zero attached hydrogens (tertiary/aromatic N) is 8. The van der Waals surface area contributed by atoms with E-state index in [1.807, 2.05) is 91.0 Å². The number of benzene rings is 8. The fourth-order valence-electron chi connectivity index (χ4n) is 9.75. The lowest BCUT2D eigenvalue weighted by molar-refractivity contribution is 0.666. The van der Waals surface area contributed by atoms with Gasteiger partial charge in [-0.3, -0.25) is 0 Å². The third-order valence-electron chi connectivity index (χ3n) is 12.6. The molecule has 8 nitrogen and oxygen atoms in total. The van der Waals surface area contributed by atoms with Crippen molar-refractivity contribution in [1.82, 2.24) is 19.5 Å². The van der Waals surface area contributed by atoms with Crippen LogP contribution in [-0.4, -0.2) is 19.5 Å². The van der Waals surface area contributed by atoms with Crippen molar-refractivity contribution in [3.8, 4) is 85.4 Å². The van der Waals surface area contributed by atoms with E-state index in [2.05, 4.69) is 94.8 Å². The Labute approximate surface area is 381 Å². The number of rotatable bonds is 6. The van der Waals surface area contributed by atoms with Crippen LogP contribution >= 0.6 is 0 Å². The zero-order chi connectivity index (χ0) is 45.1. The van der Waals surface area contributed by atoms with Gasteiger partial charge in [0, 0.05) is 44.0 Å². The number of hydrogen-bond acceptors (Lipinski definition) is 5. The zero-order valence-corrected chi connectivity index (χ0v) is 35.7. The Morgan fingerprint density at radius 3 is 1.61 bits per heavy atom. The van der Waals surface area contributed by atoms with Gasteiger partial charge in [0.15, 0.2) is 28.8 Å². The normalized spacial score (nSPS) is 12.2. The molecule has 11 rings (SSSR count). The van der Waals surface area contributed by atoms with Crippen molar-refractivity contribution in [1.29, 1.82) is 10.5 Å². The molecular formula is C58H34N8. The van der Waals surface area contributed by atoms with Crippen LogP contribution in [0.4, 0.5) is 11.4 Å². The largest absolute Gasteiger partial charge is 0.308 e. The third kappa shape index (κ3) is 6.30. The second-order valence-electron chi connectivity index (χ2n) is 16.8. The van der Waals surface area contributed by atoms with Crippen LogP contribution in [0.1, 0.15) is 36.1 Å². The molecule has 2 aromatic heterocycles. The second kappa shape index (κ2) is 15.4. The van der Waals surface area contributed by atoms with Crippen molar-refractivity contribution in [3.63, 3.8) is 0 Å². The van der Waals surface area contributed by atoms with Gasteiger partial charge in [-0.25, -0.2) is 24.6 Å². The summed E-state index contributed by atoms with van der Waals surface area (Å²) < 4.78 is 2.27. The van der Waals surface area contributed by atoms with Gasteiger partial charge in [-0.1, -0.05) is 141 Å². The Balaban J connectivity index is 1.32. The molecule has 2 heterocycles. The molecule has 0 unspecified atom stereocenters. The number of hydrogen-bond donors (Lipinski definition) is 0. The van der Waals surface area contributed by atoms with Gasteiger partial charge in [-0.15, -0.1) is 0 Å². The maximum Gasteiger partial charge on any atom is 0.177 e. The van der Waals surface area contributed by atoms with Gasteiger partial charge in [0.1, 0.15) is 0 Å². The van der Waals surface area contributed by atoms with E-state index < -0.39 is 0 Å². The maximum absolute atomic E-state index is 10.4. The summed E-state index contributed by atoms with van der Waals surface area (Å²) in [6.07, 6.45) is 0. The fourth-order valence-corrected chi connectivity index (χ4v) is 9.75. The molecule has 306 valence electrons. The molecule has 10 aromatic rings. The van der Waals surface area contributed by atoms with E-state index in [0.717, 1.165) is 38.6 Å². The van der Waals surface area contributed by atoms with Crippen LogP contribution in [0.5, 0.6) is 0 Å². The lowest BCUT2D eigenvalue weighted by Crippen LogP contribution is -2.15. The average Bonchev–Trinajstić information content (AvgIpc) is 3.83. The van der Waals surface area contributed by atoms with Crippen molar-refractivity contribution in [3.05, 3.63) is 215 Å². The van der Waals surface area contributed by atoms with E-state index in [1.165, 1.54) is 22.3 Å². The van der Waals surface area contributed by atoms with Crippen molar-refractivity contribution in [2.45, 2.75) is 19.3 Å². The predicted octanol–water partition coefficient (Wildman–Crippen LogP) is 14.5. The highest BCUT2D eigenvalue weighted by Gasteiger charge is 2.38. The van der Waals surface area contributed by atoms with Crippen LogP contribution < -0.4 is 0 Å². The van der Waals surface area contributed by atoms with E-state index in [-0.39, 0.29) is 5.41 Å². The first-order valence-electron chi connectivity index (χ1n) is 21.4. The summed E-state index contributed by atoms with van der Waals surface area (Å²) in [7, 11) is 0. The number of fused-ring (bicyclic) bond motifs is 7. The number of nitriles is 2. The van der Waals surface area contributed by atoms with Gasteiger partial charge in [-0.2, -0.15) is 10.5 Å². The smallest absolute Gasteiger partial charge is 0.177 e. The molecule has 0 N–H and O–H groups in total. The summed E-state index contributed by atoms with van der Waals surface area (Å²) in [5.74, 6) is 1.35. The van der Waals surface area contributed by atoms with E-state index in [1.54, 1.807) is 24.3 Å². The van der Waals surface area contributed by atoms with Crippen LogP contribution in [0.3, 0.4) is 0 Å². The molecule has 1 aliphatic carbocycles. The van der Waals surface area contributed by atoms with Gasteiger partial charge in [0.25, 0.3) is 0 Å². The number of para-hydroxylation sites is 1. The van der Waals surface area contributed by atoms with Crippen LogP contribution in [0.15, 0.2) is 170 Å². The van der Waals surface area contributed by atoms with Crippen molar-refractivity contribution >= 4 is 33.2 Å². The fraction of sp³-hybridized carbons (Fsp3) is 0.0517. The second-order valence-corrected chi connectivity index (χ2v) is 16.8. The van der Waals surface area contributed by atoms with Gasteiger partial charge in [0.05, 0.1) is 53.1 Å². The summed E-state index contributed by atoms with van der Waals surface area (Å²) >= 11 is 0. The van der Waals surface area contributed by atoms with Crippen LogP contribution in [-0.2, 0) is 5.41 Å². The molecule has 0 fully saturated rings. The molecule has 0 aliphatic heterocycles. The molecule has 0 saturated heterocycles. The highest BCUT2D eigenvalue weighted by atomic mass is 15.0. The Hall–Kier alpha value is -9.47. The summed E-state index contributed by atoms with van der Waals surface area (Å²) in [4.78, 5) is 22.9. The predicted molar refractivity (Wildman–Crippen MR) is 261 cm³/mol. The van der Waals surface area contributed by atoms with E-state index in [9.17, 15) is 10.5 Å². The number of aromatic nitrogens is 4. The van der Waals surface area contributed by atoms with Crippen molar-refractivity contribution in [2.24, 2.45) is 0 Å². The maximum atomic E-state index is 10.4. The first-order valence-corrected chi connectivity index (χ1v) is 21.4. The first kappa shape index (κ1) is 39.4. The molecule has 8 heteroatoms. The minimum Gasteiger partial charge on any atom is -0.308 e. The lowest BCUT2D eigenvalue weighted by Gasteiger charge is -2.23. The van der Waals surface area contributed by atoms with Gasteiger partial charge in [-0.05, 0) is 75.8 Å². The Morgan fingerprint density at radius 2 is 1.02 bits per heavy atom. The standard InChI is InChI=1S/C58H34N8/c1-58(2)49-21-13-11-19-44(49)45-23-24-51-52(53(45)58)46-20-12-14-22-50(46)66(51)54-47(39-26-35(33-59)25-36(27-39)34-60)30-41(31-48(54)40-28-42(61-3)32-43(29-40)62-4)57-64-55(37-15-7-5-8-16-37)63-56(65-57)38-17-9-6-10-18-38/h5-32H,1-2H3. The minimum atomic E-state index is -0.334. The molecule has 0 atom stereocenters.